The topological polar surface area (TPSA) is 98.8 Å². The predicted octanol–water partition coefficient (Wildman–Crippen LogP) is 3.28. The number of amides is 1. The summed E-state index contributed by atoms with van der Waals surface area (Å²) in [6.45, 7) is 4.32. The molecule has 11 heteroatoms. The first kappa shape index (κ1) is 20.2. The van der Waals surface area contributed by atoms with Crippen LogP contribution in [0.15, 0.2) is 42.6 Å². The van der Waals surface area contributed by atoms with E-state index < -0.39 is 0 Å². The largest absolute Gasteiger partial charge is 0.327 e. The predicted molar refractivity (Wildman–Crippen MR) is 115 cm³/mol. The Labute approximate surface area is 186 Å². The number of hydrogen-bond donors (Lipinski definition) is 0. The zero-order chi connectivity index (χ0) is 22.4. The molecule has 0 aliphatic carbocycles. The van der Waals surface area contributed by atoms with E-state index in [2.05, 4.69) is 20.4 Å². The summed E-state index contributed by atoms with van der Waals surface area (Å²) in [6.07, 6.45) is 1.69. The van der Waals surface area contributed by atoms with Crippen LogP contribution in [-0.4, -0.2) is 52.8 Å². The number of fused-ring (bicyclic) bond motifs is 1. The van der Waals surface area contributed by atoms with Crippen molar-refractivity contribution >= 4 is 23.2 Å². The van der Waals surface area contributed by atoms with Gasteiger partial charge in [-0.05, 0) is 43.3 Å². The monoisotopic (exact) mass is 451 g/mol. The molecule has 4 heterocycles. The second-order valence-electron chi connectivity index (χ2n) is 7.41. The lowest BCUT2D eigenvalue weighted by Crippen LogP contribution is -2.41. The lowest BCUT2D eigenvalue weighted by Gasteiger charge is -2.33. The average Bonchev–Trinajstić information content (AvgIpc) is 3.52. The summed E-state index contributed by atoms with van der Waals surface area (Å²) in [4.78, 5) is 26.4. The van der Waals surface area contributed by atoms with Crippen LogP contribution in [-0.2, 0) is 6.54 Å². The number of carbonyl (C=O) groups excluding carboxylic acids is 2. The zero-order valence-corrected chi connectivity index (χ0v) is 18.1. The lowest BCUT2D eigenvalue weighted by atomic mass is 10.1. The van der Waals surface area contributed by atoms with Gasteiger partial charge in [0.1, 0.15) is 5.82 Å². The van der Waals surface area contributed by atoms with Gasteiger partial charge in [-0.2, -0.15) is 0 Å². The average molecular weight is 451 g/mol. The maximum absolute atomic E-state index is 13.2. The third kappa shape index (κ3) is 3.30. The summed E-state index contributed by atoms with van der Waals surface area (Å²) >= 11 is 1.32. The molecule has 0 spiro atoms. The van der Waals surface area contributed by atoms with E-state index in [9.17, 15) is 14.0 Å². The summed E-state index contributed by atoms with van der Waals surface area (Å²) in [7, 11) is 0. The molecule has 1 unspecified atom stereocenters. The quantitative estimate of drug-likeness (QED) is 0.474. The number of halogens is 1. The van der Waals surface area contributed by atoms with Crippen LogP contribution in [0, 0.1) is 5.82 Å². The van der Waals surface area contributed by atoms with E-state index in [4.69, 9.17) is 0 Å². The normalized spacial score (nSPS) is 15.6. The van der Waals surface area contributed by atoms with Gasteiger partial charge in [-0.3, -0.25) is 14.2 Å². The summed E-state index contributed by atoms with van der Waals surface area (Å²) in [6, 6.07) is 8.79. The third-order valence-corrected chi connectivity index (χ3v) is 6.40. The summed E-state index contributed by atoms with van der Waals surface area (Å²) in [5.74, 6) is 0.540. The van der Waals surface area contributed by atoms with Gasteiger partial charge in [-0.1, -0.05) is 11.3 Å². The fourth-order valence-corrected chi connectivity index (χ4v) is 4.69. The van der Waals surface area contributed by atoms with E-state index in [-0.39, 0.29) is 23.7 Å². The Bertz CT molecular complexity index is 1320. The Morgan fingerprint density at radius 3 is 2.53 bits per heavy atom. The molecule has 1 amide bonds. The van der Waals surface area contributed by atoms with E-state index >= 15 is 0 Å². The minimum Gasteiger partial charge on any atom is -0.327 e. The molecule has 0 saturated heterocycles. The van der Waals surface area contributed by atoms with Gasteiger partial charge in [0.25, 0.3) is 5.91 Å². The van der Waals surface area contributed by atoms with Crippen LogP contribution < -0.4 is 0 Å². The van der Waals surface area contributed by atoms with Crippen molar-refractivity contribution < 1.29 is 14.0 Å². The van der Waals surface area contributed by atoms with Crippen molar-refractivity contribution in [3.63, 3.8) is 0 Å². The summed E-state index contributed by atoms with van der Waals surface area (Å²) in [5.41, 5.74) is 1.10. The molecule has 4 aromatic rings. The molecule has 0 bridgehead atoms. The first-order valence-electron chi connectivity index (χ1n) is 9.96. The van der Waals surface area contributed by atoms with Gasteiger partial charge >= 0.3 is 0 Å². The Kier molecular flexibility index (Phi) is 4.89. The van der Waals surface area contributed by atoms with Crippen molar-refractivity contribution in [2.24, 2.45) is 0 Å². The van der Waals surface area contributed by atoms with Gasteiger partial charge < -0.3 is 9.47 Å². The second kappa shape index (κ2) is 7.75. The standard InChI is InChI=1S/C21H18FN7O2S/c1-12-17-23-24-18(20-26-25-19(32-20)16-4-3-9-28(16)13(2)30)29(17)11-10-27(12)21(31)14-5-7-15(22)8-6-14/h3-9,12H,10-11H2,1-2H3. The van der Waals surface area contributed by atoms with Gasteiger partial charge in [-0.15, -0.1) is 20.4 Å². The van der Waals surface area contributed by atoms with Gasteiger partial charge in [0.2, 0.25) is 5.91 Å². The number of nitrogens with zero attached hydrogens (tertiary/aromatic N) is 7. The Morgan fingerprint density at radius 2 is 1.78 bits per heavy atom. The van der Waals surface area contributed by atoms with E-state index in [0.717, 1.165) is 0 Å². The van der Waals surface area contributed by atoms with Crippen molar-refractivity contribution in [3.05, 3.63) is 59.8 Å². The van der Waals surface area contributed by atoms with Gasteiger partial charge in [0, 0.05) is 31.8 Å². The molecule has 162 valence electrons. The Morgan fingerprint density at radius 1 is 1.03 bits per heavy atom. The molecule has 1 aromatic carbocycles. The van der Waals surface area contributed by atoms with Crippen molar-refractivity contribution in [1.82, 2.24) is 34.4 Å². The van der Waals surface area contributed by atoms with Crippen LogP contribution in [0.1, 0.15) is 40.9 Å². The first-order valence-corrected chi connectivity index (χ1v) is 10.8. The highest BCUT2D eigenvalue weighted by molar-refractivity contribution is 7.17. The molecule has 5 rings (SSSR count). The van der Waals surface area contributed by atoms with Gasteiger partial charge in [0.05, 0.1) is 11.7 Å². The fourth-order valence-electron chi connectivity index (χ4n) is 3.83. The lowest BCUT2D eigenvalue weighted by molar-refractivity contribution is 0.0638. The molecule has 0 radical (unpaired) electrons. The van der Waals surface area contributed by atoms with E-state index in [1.807, 2.05) is 17.6 Å². The molecule has 0 fully saturated rings. The smallest absolute Gasteiger partial charge is 0.254 e. The van der Waals surface area contributed by atoms with Gasteiger partial charge in [0.15, 0.2) is 21.7 Å². The number of hydrogen-bond acceptors (Lipinski definition) is 7. The minimum atomic E-state index is -0.385. The molecule has 1 aliphatic rings. The van der Waals surface area contributed by atoms with E-state index in [0.29, 0.717) is 46.0 Å². The molecule has 9 nitrogen and oxygen atoms in total. The molecule has 3 aromatic heterocycles. The minimum absolute atomic E-state index is 0.110. The second-order valence-corrected chi connectivity index (χ2v) is 8.39. The molecule has 0 saturated carbocycles. The fraction of sp³-hybridized carbons (Fsp3) is 0.238. The molecular weight excluding hydrogens is 433 g/mol. The maximum Gasteiger partial charge on any atom is 0.254 e. The number of rotatable bonds is 3. The summed E-state index contributed by atoms with van der Waals surface area (Å²) in [5, 5.41) is 18.3. The highest BCUT2D eigenvalue weighted by Gasteiger charge is 2.33. The van der Waals surface area contributed by atoms with Crippen LogP contribution in [0.3, 0.4) is 0 Å². The summed E-state index contributed by atoms with van der Waals surface area (Å²) < 4.78 is 16.7. The Hall–Kier alpha value is -3.73. The van der Waals surface area contributed by atoms with Crippen LogP contribution in [0.5, 0.6) is 0 Å². The molecule has 1 atom stereocenters. The third-order valence-electron chi connectivity index (χ3n) is 5.46. The van der Waals surface area contributed by atoms with Crippen LogP contribution in [0.4, 0.5) is 4.39 Å². The maximum atomic E-state index is 13.2. The molecular formula is C21H18FN7O2S. The first-order chi connectivity index (χ1) is 15.4. The van der Waals surface area contributed by atoms with E-state index in [1.165, 1.54) is 47.1 Å². The van der Waals surface area contributed by atoms with Crippen molar-refractivity contribution in [3.8, 4) is 21.5 Å². The number of carbonyl (C=O) groups is 2. The van der Waals surface area contributed by atoms with Crippen LogP contribution in [0.25, 0.3) is 21.5 Å². The molecule has 32 heavy (non-hydrogen) atoms. The van der Waals surface area contributed by atoms with Crippen molar-refractivity contribution in [2.75, 3.05) is 6.54 Å². The van der Waals surface area contributed by atoms with Gasteiger partial charge in [-0.25, -0.2) is 4.39 Å². The zero-order valence-electron chi connectivity index (χ0n) is 17.3. The molecule has 1 aliphatic heterocycles. The number of benzene rings is 1. The highest BCUT2D eigenvalue weighted by Crippen LogP contribution is 2.33. The Balaban J connectivity index is 1.43. The van der Waals surface area contributed by atoms with Crippen molar-refractivity contribution in [2.45, 2.75) is 26.4 Å². The SMILES string of the molecule is CC(=O)n1cccc1-c1nnc(-c2nnc3n2CCN(C(=O)c2ccc(F)cc2)C3C)s1. The molecule has 0 N–H and O–H groups in total. The van der Waals surface area contributed by atoms with Crippen LogP contribution in [0.2, 0.25) is 0 Å². The highest BCUT2D eigenvalue weighted by atomic mass is 32.1. The van der Waals surface area contributed by atoms with Crippen molar-refractivity contribution in [1.29, 1.82) is 0 Å². The number of aromatic nitrogens is 6. The van der Waals surface area contributed by atoms with E-state index in [1.54, 1.807) is 17.2 Å². The van der Waals surface area contributed by atoms with Crippen LogP contribution >= 0.6 is 11.3 Å².